The minimum atomic E-state index is -0.333. The average Bonchev–Trinajstić information content (AvgIpc) is 2.08. The average molecular weight is 188 g/mol. The second kappa shape index (κ2) is 3.90. The topological polar surface area (TPSA) is 0 Å². The van der Waals surface area contributed by atoms with Crippen molar-refractivity contribution in [3.8, 4) is 0 Å². The Labute approximate surface area is 75.0 Å². The number of aryl methyl sites for hydroxylation is 1. The largest absolute Gasteiger partial charge is 0.207 e. The van der Waals surface area contributed by atoms with Gasteiger partial charge in [-0.1, -0.05) is 6.92 Å². The minimum Gasteiger partial charge on any atom is -0.207 e. The van der Waals surface area contributed by atoms with Gasteiger partial charge in [0.05, 0.1) is 0 Å². The Morgan fingerprint density at radius 3 is 2.42 bits per heavy atom. The molecule has 0 saturated heterocycles. The van der Waals surface area contributed by atoms with Gasteiger partial charge in [0, 0.05) is 4.90 Å². The normalized spacial score (nSPS) is 10.3. The summed E-state index contributed by atoms with van der Waals surface area (Å²) < 4.78 is 26.1. The van der Waals surface area contributed by atoms with Gasteiger partial charge in [0.15, 0.2) is 0 Å². The summed E-state index contributed by atoms with van der Waals surface area (Å²) >= 11 is 1.21. The maximum Gasteiger partial charge on any atom is 0.137 e. The first kappa shape index (κ1) is 9.52. The third kappa shape index (κ3) is 1.78. The zero-order valence-corrected chi connectivity index (χ0v) is 7.84. The van der Waals surface area contributed by atoms with Gasteiger partial charge in [-0.3, -0.25) is 0 Å². The number of benzene rings is 1. The molecular formula is C9H10F2S. The maximum atomic E-state index is 13.0. The number of halogens is 2. The quantitative estimate of drug-likeness (QED) is 0.642. The van der Waals surface area contributed by atoms with E-state index in [0.717, 1.165) is 0 Å². The van der Waals surface area contributed by atoms with Crippen LogP contribution in [0.25, 0.3) is 0 Å². The molecule has 0 aliphatic heterocycles. The molecule has 0 saturated carbocycles. The maximum absolute atomic E-state index is 13.0. The molecule has 0 aliphatic carbocycles. The van der Waals surface area contributed by atoms with Crippen molar-refractivity contribution in [3.05, 3.63) is 29.3 Å². The van der Waals surface area contributed by atoms with Gasteiger partial charge in [0.2, 0.25) is 0 Å². The Balaban J connectivity index is 3.16. The van der Waals surface area contributed by atoms with Crippen molar-refractivity contribution in [3.63, 3.8) is 0 Å². The van der Waals surface area contributed by atoms with Crippen LogP contribution in [0.2, 0.25) is 0 Å². The molecule has 0 aromatic heterocycles. The van der Waals surface area contributed by atoms with E-state index < -0.39 is 0 Å². The molecule has 0 aliphatic rings. The van der Waals surface area contributed by atoms with Crippen LogP contribution >= 0.6 is 11.8 Å². The standard InChI is InChI=1S/C9H10F2S/c1-3-6-4-8(11)9(12-2)5-7(6)10/h4-5H,3H2,1-2H3. The molecular weight excluding hydrogens is 178 g/mol. The third-order valence-electron chi connectivity index (χ3n) is 1.70. The second-order valence-electron chi connectivity index (χ2n) is 2.43. The number of rotatable bonds is 2. The van der Waals surface area contributed by atoms with E-state index in [0.29, 0.717) is 16.9 Å². The monoisotopic (exact) mass is 188 g/mol. The van der Waals surface area contributed by atoms with E-state index in [1.807, 2.05) is 0 Å². The van der Waals surface area contributed by atoms with Crippen LogP contribution in [0, 0.1) is 11.6 Å². The number of thioether (sulfide) groups is 1. The summed E-state index contributed by atoms with van der Waals surface area (Å²) in [6.45, 7) is 1.80. The third-order valence-corrected chi connectivity index (χ3v) is 2.45. The molecule has 12 heavy (non-hydrogen) atoms. The van der Waals surface area contributed by atoms with Crippen molar-refractivity contribution >= 4 is 11.8 Å². The summed E-state index contributed by atoms with van der Waals surface area (Å²) in [7, 11) is 0. The fourth-order valence-electron chi connectivity index (χ4n) is 0.997. The summed E-state index contributed by atoms with van der Waals surface area (Å²) in [6, 6.07) is 2.51. The first-order chi connectivity index (χ1) is 5.69. The molecule has 0 nitrogen and oxygen atoms in total. The van der Waals surface area contributed by atoms with Crippen molar-refractivity contribution < 1.29 is 8.78 Å². The highest BCUT2D eigenvalue weighted by molar-refractivity contribution is 7.98. The summed E-state index contributed by atoms with van der Waals surface area (Å²) in [4.78, 5) is 0.365. The first-order valence-electron chi connectivity index (χ1n) is 3.71. The van der Waals surface area contributed by atoms with Crippen LogP contribution in [0.4, 0.5) is 8.78 Å². The highest BCUT2D eigenvalue weighted by Crippen LogP contribution is 2.22. The van der Waals surface area contributed by atoms with Crippen LogP contribution < -0.4 is 0 Å². The van der Waals surface area contributed by atoms with Crippen LogP contribution in [0.5, 0.6) is 0 Å². The lowest BCUT2D eigenvalue weighted by molar-refractivity contribution is 0.566. The minimum absolute atomic E-state index is 0.316. The molecule has 1 rings (SSSR count). The summed E-state index contributed by atoms with van der Waals surface area (Å²) in [5, 5.41) is 0. The zero-order valence-electron chi connectivity index (χ0n) is 7.03. The van der Waals surface area contributed by atoms with E-state index in [4.69, 9.17) is 0 Å². The number of hydrogen-bond donors (Lipinski definition) is 0. The molecule has 1 aromatic carbocycles. The van der Waals surface area contributed by atoms with E-state index >= 15 is 0 Å². The molecule has 0 amide bonds. The lowest BCUT2D eigenvalue weighted by Gasteiger charge is -2.03. The van der Waals surface area contributed by atoms with Crippen molar-refractivity contribution in [1.29, 1.82) is 0 Å². The Morgan fingerprint density at radius 1 is 1.25 bits per heavy atom. The molecule has 0 unspecified atom stereocenters. The Kier molecular flexibility index (Phi) is 3.09. The molecule has 3 heteroatoms. The SMILES string of the molecule is CCc1cc(F)c(SC)cc1F. The van der Waals surface area contributed by atoms with E-state index in [2.05, 4.69) is 0 Å². The fourth-order valence-corrected chi connectivity index (χ4v) is 1.47. The molecule has 0 radical (unpaired) electrons. The highest BCUT2D eigenvalue weighted by Gasteiger charge is 2.07. The van der Waals surface area contributed by atoms with Crippen molar-refractivity contribution in [1.82, 2.24) is 0 Å². The molecule has 0 bridgehead atoms. The molecule has 1 aromatic rings. The van der Waals surface area contributed by atoms with Crippen molar-refractivity contribution in [2.45, 2.75) is 18.2 Å². The van der Waals surface area contributed by atoms with Gasteiger partial charge in [0.1, 0.15) is 11.6 Å². The summed E-state index contributed by atoms with van der Waals surface area (Å²) in [6.07, 6.45) is 2.25. The zero-order chi connectivity index (χ0) is 9.14. The van der Waals surface area contributed by atoms with Gasteiger partial charge in [0.25, 0.3) is 0 Å². The summed E-state index contributed by atoms with van der Waals surface area (Å²) in [5.41, 5.74) is 0.435. The number of hydrogen-bond acceptors (Lipinski definition) is 1. The molecule has 0 heterocycles. The van der Waals surface area contributed by atoms with Gasteiger partial charge in [-0.15, -0.1) is 11.8 Å². The molecule has 0 N–H and O–H groups in total. The Hall–Kier alpha value is -0.570. The van der Waals surface area contributed by atoms with Gasteiger partial charge in [-0.25, -0.2) is 8.78 Å². The predicted octanol–water partition coefficient (Wildman–Crippen LogP) is 3.25. The Bertz CT molecular complexity index is 254. The molecule has 0 spiro atoms. The fraction of sp³-hybridized carbons (Fsp3) is 0.333. The lowest BCUT2D eigenvalue weighted by Crippen LogP contribution is -1.91. The molecule has 0 atom stereocenters. The van der Waals surface area contributed by atoms with E-state index in [9.17, 15) is 8.78 Å². The van der Waals surface area contributed by atoms with Crippen molar-refractivity contribution in [2.75, 3.05) is 6.26 Å². The van der Waals surface area contributed by atoms with E-state index in [1.165, 1.54) is 23.9 Å². The van der Waals surface area contributed by atoms with Crippen LogP contribution in [0.3, 0.4) is 0 Å². The van der Waals surface area contributed by atoms with Gasteiger partial charge >= 0.3 is 0 Å². The van der Waals surface area contributed by atoms with Crippen LogP contribution in [-0.4, -0.2) is 6.26 Å². The van der Waals surface area contributed by atoms with Crippen LogP contribution in [0.15, 0.2) is 17.0 Å². The lowest BCUT2D eigenvalue weighted by atomic mass is 10.1. The Morgan fingerprint density at radius 2 is 1.92 bits per heavy atom. The second-order valence-corrected chi connectivity index (χ2v) is 3.28. The van der Waals surface area contributed by atoms with Crippen LogP contribution in [0.1, 0.15) is 12.5 Å². The molecule has 0 fully saturated rings. The molecule has 66 valence electrons. The van der Waals surface area contributed by atoms with Gasteiger partial charge in [-0.05, 0) is 30.4 Å². The smallest absolute Gasteiger partial charge is 0.137 e. The van der Waals surface area contributed by atoms with Crippen LogP contribution in [-0.2, 0) is 6.42 Å². The predicted molar refractivity (Wildman–Crippen MR) is 47.5 cm³/mol. The van der Waals surface area contributed by atoms with E-state index in [-0.39, 0.29) is 11.6 Å². The highest BCUT2D eigenvalue weighted by atomic mass is 32.2. The van der Waals surface area contributed by atoms with Crippen molar-refractivity contribution in [2.24, 2.45) is 0 Å². The first-order valence-corrected chi connectivity index (χ1v) is 4.93. The summed E-state index contributed by atoms with van der Waals surface area (Å²) in [5.74, 6) is -0.649. The van der Waals surface area contributed by atoms with Gasteiger partial charge in [-0.2, -0.15) is 0 Å². The van der Waals surface area contributed by atoms with E-state index in [1.54, 1.807) is 13.2 Å². The van der Waals surface area contributed by atoms with Gasteiger partial charge < -0.3 is 0 Å².